The quantitative estimate of drug-likeness (QED) is 0.556. The average molecular weight is 207 g/mol. The molecule has 0 bridgehead atoms. The van der Waals surface area contributed by atoms with E-state index in [4.69, 9.17) is 6.42 Å². The summed E-state index contributed by atoms with van der Waals surface area (Å²) in [5.41, 5.74) is 0. The molecule has 0 aliphatic heterocycles. The van der Waals surface area contributed by atoms with E-state index in [1.165, 1.54) is 12.8 Å². The first kappa shape index (κ1) is 12.1. The molecule has 0 spiro atoms. The van der Waals surface area contributed by atoms with E-state index in [0.717, 1.165) is 38.1 Å². The smallest absolute Gasteiger partial charge is 0.223 e. The number of rotatable bonds is 4. The van der Waals surface area contributed by atoms with Crippen LogP contribution in [0, 0.1) is 24.2 Å². The fourth-order valence-corrected chi connectivity index (χ4v) is 2.07. The second-order valence-corrected chi connectivity index (χ2v) is 4.56. The standard InChI is InChI=1S/C13H21NO/c1-3-4-5-10-14-13(15)12-8-6-11(2)7-9-12/h1,11-12H,4-10H2,2H3,(H,14,15). The van der Waals surface area contributed by atoms with Crippen molar-refractivity contribution in [2.75, 3.05) is 6.54 Å². The van der Waals surface area contributed by atoms with Gasteiger partial charge in [0.1, 0.15) is 0 Å². The Bertz CT molecular complexity index is 233. The number of carbonyl (C=O) groups excluding carboxylic acids is 1. The van der Waals surface area contributed by atoms with Crippen LogP contribution in [0.1, 0.15) is 45.4 Å². The minimum absolute atomic E-state index is 0.235. The summed E-state index contributed by atoms with van der Waals surface area (Å²) in [6.45, 7) is 3.00. The van der Waals surface area contributed by atoms with Crippen LogP contribution < -0.4 is 5.32 Å². The molecule has 0 radical (unpaired) electrons. The molecule has 0 aromatic rings. The van der Waals surface area contributed by atoms with E-state index in [1.54, 1.807) is 0 Å². The van der Waals surface area contributed by atoms with E-state index < -0.39 is 0 Å². The van der Waals surface area contributed by atoms with Gasteiger partial charge in [-0.3, -0.25) is 4.79 Å². The lowest BCUT2D eigenvalue weighted by Crippen LogP contribution is -2.33. The average Bonchev–Trinajstić information content (AvgIpc) is 2.25. The zero-order valence-electron chi connectivity index (χ0n) is 9.59. The minimum Gasteiger partial charge on any atom is -0.356 e. The molecular weight excluding hydrogens is 186 g/mol. The summed E-state index contributed by atoms with van der Waals surface area (Å²) < 4.78 is 0. The van der Waals surface area contributed by atoms with Gasteiger partial charge in [-0.1, -0.05) is 6.92 Å². The molecule has 1 saturated carbocycles. The van der Waals surface area contributed by atoms with Crippen LogP contribution in [0.4, 0.5) is 0 Å². The van der Waals surface area contributed by atoms with Crippen LogP contribution in [0.2, 0.25) is 0 Å². The van der Waals surface area contributed by atoms with Crippen molar-refractivity contribution in [2.45, 2.75) is 45.4 Å². The first-order valence-corrected chi connectivity index (χ1v) is 5.95. The Morgan fingerprint density at radius 1 is 1.40 bits per heavy atom. The van der Waals surface area contributed by atoms with Crippen molar-refractivity contribution < 1.29 is 4.79 Å². The SMILES string of the molecule is C#CCCCNC(=O)C1CCC(C)CC1. The van der Waals surface area contributed by atoms with Crippen molar-refractivity contribution in [1.29, 1.82) is 0 Å². The summed E-state index contributed by atoms with van der Waals surface area (Å²) in [6, 6.07) is 0. The Hall–Kier alpha value is -0.970. The fraction of sp³-hybridized carbons (Fsp3) is 0.769. The zero-order valence-corrected chi connectivity index (χ0v) is 9.59. The van der Waals surface area contributed by atoms with Crippen LogP contribution >= 0.6 is 0 Å². The van der Waals surface area contributed by atoms with Crippen molar-refractivity contribution in [3.63, 3.8) is 0 Å². The highest BCUT2D eigenvalue weighted by molar-refractivity contribution is 5.78. The molecule has 1 N–H and O–H groups in total. The highest BCUT2D eigenvalue weighted by Crippen LogP contribution is 2.28. The lowest BCUT2D eigenvalue weighted by atomic mass is 9.82. The topological polar surface area (TPSA) is 29.1 Å². The maximum absolute atomic E-state index is 11.7. The lowest BCUT2D eigenvalue weighted by molar-refractivity contribution is -0.126. The molecule has 1 rings (SSSR count). The van der Waals surface area contributed by atoms with Crippen molar-refractivity contribution in [3.8, 4) is 12.3 Å². The van der Waals surface area contributed by atoms with Crippen LogP contribution in [0.3, 0.4) is 0 Å². The van der Waals surface area contributed by atoms with Gasteiger partial charge in [-0.05, 0) is 38.0 Å². The Kier molecular flexibility index (Phi) is 5.25. The van der Waals surface area contributed by atoms with E-state index in [2.05, 4.69) is 18.2 Å². The molecular formula is C13H21NO. The maximum atomic E-state index is 11.7. The van der Waals surface area contributed by atoms with Gasteiger partial charge in [0.15, 0.2) is 0 Å². The van der Waals surface area contributed by atoms with Crippen molar-refractivity contribution in [1.82, 2.24) is 5.32 Å². The number of hydrogen-bond donors (Lipinski definition) is 1. The third-order valence-corrected chi connectivity index (χ3v) is 3.18. The summed E-state index contributed by atoms with van der Waals surface area (Å²) >= 11 is 0. The molecule has 1 fully saturated rings. The number of nitrogens with one attached hydrogen (secondary N) is 1. The third kappa shape index (κ3) is 4.38. The number of unbranched alkanes of at least 4 members (excludes halogenated alkanes) is 1. The zero-order chi connectivity index (χ0) is 11.1. The van der Waals surface area contributed by atoms with E-state index >= 15 is 0 Å². The molecule has 0 aromatic carbocycles. The summed E-state index contributed by atoms with van der Waals surface area (Å²) in [7, 11) is 0. The van der Waals surface area contributed by atoms with Crippen LogP contribution in [0.15, 0.2) is 0 Å². The lowest BCUT2D eigenvalue weighted by Gasteiger charge is -2.25. The van der Waals surface area contributed by atoms with Gasteiger partial charge in [0, 0.05) is 18.9 Å². The molecule has 0 heterocycles. The molecule has 0 aromatic heterocycles. The van der Waals surface area contributed by atoms with Gasteiger partial charge in [0.2, 0.25) is 5.91 Å². The second kappa shape index (κ2) is 6.50. The highest BCUT2D eigenvalue weighted by Gasteiger charge is 2.23. The highest BCUT2D eigenvalue weighted by atomic mass is 16.1. The number of terminal acetylenes is 1. The maximum Gasteiger partial charge on any atom is 0.223 e. The molecule has 2 nitrogen and oxygen atoms in total. The Balaban J connectivity index is 2.14. The molecule has 2 heteroatoms. The van der Waals surface area contributed by atoms with Gasteiger partial charge in [0.25, 0.3) is 0 Å². The minimum atomic E-state index is 0.235. The molecule has 0 atom stereocenters. The third-order valence-electron chi connectivity index (χ3n) is 3.18. The number of hydrogen-bond acceptors (Lipinski definition) is 1. The molecule has 0 saturated heterocycles. The Morgan fingerprint density at radius 3 is 2.67 bits per heavy atom. The monoisotopic (exact) mass is 207 g/mol. The number of amides is 1. The van der Waals surface area contributed by atoms with Crippen LogP contribution in [-0.4, -0.2) is 12.5 Å². The number of carbonyl (C=O) groups is 1. The Labute approximate surface area is 92.8 Å². The second-order valence-electron chi connectivity index (χ2n) is 4.56. The summed E-state index contributed by atoms with van der Waals surface area (Å²) in [5, 5.41) is 2.97. The van der Waals surface area contributed by atoms with Gasteiger partial charge in [-0.2, -0.15) is 0 Å². The van der Waals surface area contributed by atoms with Crippen molar-refractivity contribution >= 4 is 5.91 Å². The predicted octanol–water partition coefficient (Wildman–Crippen LogP) is 2.34. The fourth-order valence-electron chi connectivity index (χ4n) is 2.07. The van der Waals surface area contributed by atoms with E-state index in [-0.39, 0.29) is 11.8 Å². The summed E-state index contributed by atoms with van der Waals surface area (Å²) in [6.07, 6.45) is 11.3. The van der Waals surface area contributed by atoms with Crippen LogP contribution in [-0.2, 0) is 4.79 Å². The molecule has 1 aliphatic carbocycles. The largest absolute Gasteiger partial charge is 0.356 e. The van der Waals surface area contributed by atoms with Gasteiger partial charge in [-0.25, -0.2) is 0 Å². The predicted molar refractivity (Wildman–Crippen MR) is 62.2 cm³/mol. The van der Waals surface area contributed by atoms with Gasteiger partial charge >= 0.3 is 0 Å². The molecule has 84 valence electrons. The van der Waals surface area contributed by atoms with Crippen molar-refractivity contribution in [2.24, 2.45) is 11.8 Å². The van der Waals surface area contributed by atoms with E-state index in [1.807, 2.05) is 0 Å². The van der Waals surface area contributed by atoms with E-state index in [0.29, 0.717) is 0 Å². The first-order valence-electron chi connectivity index (χ1n) is 5.95. The van der Waals surface area contributed by atoms with Crippen LogP contribution in [0.5, 0.6) is 0 Å². The summed E-state index contributed by atoms with van der Waals surface area (Å²) in [5.74, 6) is 3.87. The summed E-state index contributed by atoms with van der Waals surface area (Å²) in [4.78, 5) is 11.7. The first-order chi connectivity index (χ1) is 7.24. The van der Waals surface area contributed by atoms with Gasteiger partial charge in [-0.15, -0.1) is 12.3 Å². The van der Waals surface area contributed by atoms with E-state index in [9.17, 15) is 4.79 Å². The normalized spacial score (nSPS) is 25.6. The molecule has 1 aliphatic rings. The van der Waals surface area contributed by atoms with Gasteiger partial charge in [0.05, 0.1) is 0 Å². The molecule has 15 heavy (non-hydrogen) atoms. The molecule has 0 unspecified atom stereocenters. The molecule has 1 amide bonds. The van der Waals surface area contributed by atoms with Gasteiger partial charge < -0.3 is 5.32 Å². The van der Waals surface area contributed by atoms with Crippen molar-refractivity contribution in [3.05, 3.63) is 0 Å². The van der Waals surface area contributed by atoms with Crippen LogP contribution in [0.25, 0.3) is 0 Å². The Morgan fingerprint density at radius 2 is 2.07 bits per heavy atom.